The van der Waals surface area contributed by atoms with Crippen LogP contribution in [0.4, 0.5) is 0 Å². The summed E-state index contributed by atoms with van der Waals surface area (Å²) in [5, 5.41) is 12.1. The molecule has 3 heteroatoms. The lowest BCUT2D eigenvalue weighted by atomic mass is 10.2. The van der Waals surface area contributed by atoms with Crippen LogP contribution in [0.15, 0.2) is 36.4 Å². The van der Waals surface area contributed by atoms with Crippen LogP contribution in [-0.4, -0.2) is 23.7 Å². The Morgan fingerprint density at radius 2 is 2.12 bits per heavy atom. The molecule has 1 amide bonds. The first-order valence-corrected chi connectivity index (χ1v) is 5.91. The lowest BCUT2D eigenvalue weighted by Gasteiger charge is -2.08. The second-order valence-corrected chi connectivity index (χ2v) is 3.93. The number of hydrogen-bond acceptors (Lipinski definition) is 2. The Morgan fingerprint density at radius 3 is 2.76 bits per heavy atom. The SMILES string of the molecule is CCCC(O)CNC(=O)/C=C/c1ccccc1. The van der Waals surface area contributed by atoms with Gasteiger partial charge in [0.2, 0.25) is 5.91 Å². The molecule has 92 valence electrons. The average molecular weight is 233 g/mol. The molecule has 0 saturated heterocycles. The second kappa shape index (κ2) is 7.63. The van der Waals surface area contributed by atoms with Gasteiger partial charge in [0, 0.05) is 12.6 Å². The predicted octanol–water partition coefficient (Wildman–Crippen LogP) is 1.98. The standard InChI is InChI=1S/C14H19NO2/c1-2-6-13(16)11-15-14(17)10-9-12-7-4-3-5-8-12/h3-5,7-10,13,16H,2,6,11H2,1H3,(H,15,17)/b10-9+. The Balaban J connectivity index is 2.32. The first-order valence-electron chi connectivity index (χ1n) is 5.91. The summed E-state index contributed by atoms with van der Waals surface area (Å²) in [6.07, 6.45) is 4.41. The van der Waals surface area contributed by atoms with Crippen molar-refractivity contribution in [2.75, 3.05) is 6.54 Å². The molecule has 17 heavy (non-hydrogen) atoms. The molecule has 1 aromatic rings. The van der Waals surface area contributed by atoms with Gasteiger partial charge in [-0.2, -0.15) is 0 Å². The molecular formula is C14H19NO2. The highest BCUT2D eigenvalue weighted by Crippen LogP contribution is 2.00. The van der Waals surface area contributed by atoms with E-state index in [1.54, 1.807) is 6.08 Å². The third-order valence-corrected chi connectivity index (χ3v) is 2.36. The fraction of sp³-hybridized carbons (Fsp3) is 0.357. The lowest BCUT2D eigenvalue weighted by Crippen LogP contribution is -2.30. The minimum atomic E-state index is -0.450. The molecule has 0 aromatic heterocycles. The zero-order valence-electron chi connectivity index (χ0n) is 10.1. The normalized spacial score (nSPS) is 12.6. The lowest BCUT2D eigenvalue weighted by molar-refractivity contribution is -0.116. The van der Waals surface area contributed by atoms with Crippen LogP contribution in [0.25, 0.3) is 6.08 Å². The smallest absolute Gasteiger partial charge is 0.244 e. The third kappa shape index (κ3) is 5.88. The Hall–Kier alpha value is -1.61. The van der Waals surface area contributed by atoms with Crippen LogP contribution in [0.1, 0.15) is 25.3 Å². The van der Waals surface area contributed by atoms with Gasteiger partial charge in [0.05, 0.1) is 6.10 Å². The first kappa shape index (κ1) is 13.5. The number of carbonyl (C=O) groups excluding carboxylic acids is 1. The molecular weight excluding hydrogens is 214 g/mol. The van der Waals surface area contributed by atoms with Gasteiger partial charge in [-0.25, -0.2) is 0 Å². The van der Waals surface area contributed by atoms with Crippen molar-refractivity contribution in [2.45, 2.75) is 25.9 Å². The molecule has 0 aliphatic carbocycles. The van der Waals surface area contributed by atoms with Crippen LogP contribution in [0, 0.1) is 0 Å². The van der Waals surface area contributed by atoms with Crippen molar-refractivity contribution in [1.82, 2.24) is 5.32 Å². The van der Waals surface area contributed by atoms with Crippen LogP contribution in [0.2, 0.25) is 0 Å². The van der Waals surface area contributed by atoms with E-state index in [2.05, 4.69) is 5.32 Å². The Kier molecular flexibility index (Phi) is 6.04. The van der Waals surface area contributed by atoms with Crippen molar-refractivity contribution in [1.29, 1.82) is 0 Å². The summed E-state index contributed by atoms with van der Waals surface area (Å²) in [6, 6.07) is 9.62. The van der Waals surface area contributed by atoms with Gasteiger partial charge in [-0.05, 0) is 18.1 Å². The highest BCUT2D eigenvalue weighted by Gasteiger charge is 2.03. The number of rotatable bonds is 6. The van der Waals surface area contributed by atoms with E-state index in [0.717, 1.165) is 12.0 Å². The molecule has 1 rings (SSSR count). The van der Waals surface area contributed by atoms with Crippen molar-refractivity contribution >= 4 is 12.0 Å². The Labute approximate surface area is 102 Å². The molecule has 2 N–H and O–H groups in total. The fourth-order valence-electron chi connectivity index (χ4n) is 1.45. The van der Waals surface area contributed by atoms with Crippen LogP contribution in [0.5, 0.6) is 0 Å². The zero-order chi connectivity index (χ0) is 12.5. The summed E-state index contributed by atoms with van der Waals surface area (Å²) >= 11 is 0. The molecule has 1 unspecified atom stereocenters. The van der Waals surface area contributed by atoms with Crippen LogP contribution in [-0.2, 0) is 4.79 Å². The number of hydrogen-bond donors (Lipinski definition) is 2. The summed E-state index contributed by atoms with van der Waals surface area (Å²) in [6.45, 7) is 2.31. The molecule has 1 atom stereocenters. The van der Waals surface area contributed by atoms with Crippen molar-refractivity contribution in [3.05, 3.63) is 42.0 Å². The minimum absolute atomic E-state index is 0.177. The van der Waals surface area contributed by atoms with E-state index >= 15 is 0 Å². The van der Waals surface area contributed by atoms with Crippen LogP contribution < -0.4 is 5.32 Å². The van der Waals surface area contributed by atoms with E-state index in [9.17, 15) is 9.90 Å². The molecule has 0 saturated carbocycles. The van der Waals surface area contributed by atoms with Gasteiger partial charge in [0.25, 0.3) is 0 Å². The van der Waals surface area contributed by atoms with Crippen molar-refractivity contribution in [3.8, 4) is 0 Å². The van der Waals surface area contributed by atoms with E-state index in [4.69, 9.17) is 0 Å². The highest BCUT2D eigenvalue weighted by molar-refractivity contribution is 5.91. The van der Waals surface area contributed by atoms with Gasteiger partial charge >= 0.3 is 0 Å². The zero-order valence-corrected chi connectivity index (χ0v) is 10.1. The predicted molar refractivity (Wildman–Crippen MR) is 69.4 cm³/mol. The monoisotopic (exact) mass is 233 g/mol. The molecule has 0 fully saturated rings. The van der Waals surface area contributed by atoms with Gasteiger partial charge in [-0.1, -0.05) is 43.7 Å². The molecule has 0 aliphatic rings. The van der Waals surface area contributed by atoms with Gasteiger partial charge in [0.15, 0.2) is 0 Å². The van der Waals surface area contributed by atoms with E-state index in [-0.39, 0.29) is 5.91 Å². The number of amides is 1. The highest BCUT2D eigenvalue weighted by atomic mass is 16.3. The number of benzene rings is 1. The fourth-order valence-corrected chi connectivity index (χ4v) is 1.45. The average Bonchev–Trinajstić information content (AvgIpc) is 2.35. The van der Waals surface area contributed by atoms with Crippen molar-refractivity contribution in [2.24, 2.45) is 0 Å². The molecule has 0 heterocycles. The maximum absolute atomic E-state index is 11.4. The summed E-state index contributed by atoms with van der Waals surface area (Å²) in [4.78, 5) is 11.4. The van der Waals surface area contributed by atoms with Gasteiger partial charge in [-0.15, -0.1) is 0 Å². The van der Waals surface area contributed by atoms with Gasteiger partial charge < -0.3 is 10.4 Å². The molecule has 0 aliphatic heterocycles. The van der Waals surface area contributed by atoms with Crippen LogP contribution in [0.3, 0.4) is 0 Å². The molecule has 0 radical (unpaired) electrons. The first-order chi connectivity index (χ1) is 8.22. The molecule has 0 bridgehead atoms. The second-order valence-electron chi connectivity index (χ2n) is 3.93. The maximum Gasteiger partial charge on any atom is 0.244 e. The minimum Gasteiger partial charge on any atom is -0.391 e. The van der Waals surface area contributed by atoms with E-state index in [1.165, 1.54) is 6.08 Å². The van der Waals surface area contributed by atoms with E-state index in [1.807, 2.05) is 37.3 Å². The third-order valence-electron chi connectivity index (χ3n) is 2.36. The molecule has 1 aromatic carbocycles. The maximum atomic E-state index is 11.4. The summed E-state index contributed by atoms with van der Waals surface area (Å²) in [5.41, 5.74) is 0.983. The Bertz CT molecular complexity index is 360. The number of aliphatic hydroxyl groups is 1. The molecule has 0 spiro atoms. The van der Waals surface area contributed by atoms with Gasteiger partial charge in [0.1, 0.15) is 0 Å². The Morgan fingerprint density at radius 1 is 1.41 bits per heavy atom. The largest absolute Gasteiger partial charge is 0.391 e. The number of nitrogens with one attached hydrogen (secondary N) is 1. The number of carbonyl (C=O) groups is 1. The summed E-state index contributed by atoms with van der Waals surface area (Å²) < 4.78 is 0. The van der Waals surface area contributed by atoms with Crippen molar-refractivity contribution < 1.29 is 9.90 Å². The topological polar surface area (TPSA) is 49.3 Å². The number of aliphatic hydroxyl groups excluding tert-OH is 1. The quantitative estimate of drug-likeness (QED) is 0.738. The van der Waals surface area contributed by atoms with Crippen LogP contribution >= 0.6 is 0 Å². The summed E-state index contributed by atoms with van der Waals surface area (Å²) in [5.74, 6) is -0.177. The summed E-state index contributed by atoms with van der Waals surface area (Å²) in [7, 11) is 0. The molecule has 3 nitrogen and oxygen atoms in total. The van der Waals surface area contributed by atoms with E-state index < -0.39 is 6.10 Å². The van der Waals surface area contributed by atoms with E-state index in [0.29, 0.717) is 13.0 Å². The van der Waals surface area contributed by atoms with Gasteiger partial charge in [-0.3, -0.25) is 4.79 Å². The van der Waals surface area contributed by atoms with Crippen molar-refractivity contribution in [3.63, 3.8) is 0 Å².